The van der Waals surface area contributed by atoms with E-state index in [1.807, 2.05) is 11.8 Å². The Labute approximate surface area is 78.9 Å². The van der Waals surface area contributed by atoms with Crippen molar-refractivity contribution < 1.29 is 9.84 Å². The average Bonchev–Trinajstić information content (AvgIpc) is 2.10. The quantitative estimate of drug-likeness (QED) is 0.518. The molecule has 0 aromatic rings. The van der Waals surface area contributed by atoms with Gasteiger partial charge in [-0.25, -0.2) is 0 Å². The molecular weight excluding hydrogens is 174 g/mol. The molecular formula is C8H19NO2S. The van der Waals surface area contributed by atoms with Gasteiger partial charge in [-0.3, -0.25) is 0 Å². The van der Waals surface area contributed by atoms with E-state index in [2.05, 4.69) is 5.32 Å². The van der Waals surface area contributed by atoms with Crippen LogP contribution < -0.4 is 5.32 Å². The van der Waals surface area contributed by atoms with E-state index >= 15 is 0 Å². The fourth-order valence-corrected chi connectivity index (χ4v) is 1.54. The SMILES string of the molecule is COCCNCCSCCCO. The molecule has 0 atom stereocenters. The molecule has 0 aromatic heterocycles. The van der Waals surface area contributed by atoms with Gasteiger partial charge < -0.3 is 15.2 Å². The van der Waals surface area contributed by atoms with Crippen LogP contribution in [0.2, 0.25) is 0 Å². The Kier molecular flexibility index (Phi) is 11.4. The first-order valence-corrected chi connectivity index (χ1v) is 5.45. The molecule has 12 heavy (non-hydrogen) atoms. The zero-order valence-electron chi connectivity index (χ0n) is 7.71. The first kappa shape index (κ1) is 12.2. The van der Waals surface area contributed by atoms with E-state index in [0.717, 1.165) is 37.6 Å². The number of ether oxygens (including phenoxy) is 1. The van der Waals surface area contributed by atoms with Crippen LogP contribution in [0.1, 0.15) is 6.42 Å². The molecule has 0 aromatic carbocycles. The Bertz CT molecular complexity index is 73.5. The van der Waals surface area contributed by atoms with Gasteiger partial charge in [0, 0.05) is 32.6 Å². The number of hydrogen-bond donors (Lipinski definition) is 2. The molecule has 74 valence electrons. The minimum Gasteiger partial charge on any atom is -0.396 e. The molecule has 0 fully saturated rings. The van der Waals surface area contributed by atoms with Crippen LogP contribution in [0.4, 0.5) is 0 Å². The lowest BCUT2D eigenvalue weighted by molar-refractivity contribution is 0.200. The molecule has 0 heterocycles. The van der Waals surface area contributed by atoms with Gasteiger partial charge in [-0.15, -0.1) is 0 Å². The Morgan fingerprint density at radius 1 is 1.33 bits per heavy atom. The van der Waals surface area contributed by atoms with Gasteiger partial charge >= 0.3 is 0 Å². The first-order chi connectivity index (χ1) is 5.91. The van der Waals surface area contributed by atoms with Crippen LogP contribution in [0.15, 0.2) is 0 Å². The lowest BCUT2D eigenvalue weighted by Gasteiger charge is -2.02. The Morgan fingerprint density at radius 3 is 2.83 bits per heavy atom. The highest BCUT2D eigenvalue weighted by Crippen LogP contribution is 1.99. The zero-order chi connectivity index (χ0) is 9.07. The zero-order valence-corrected chi connectivity index (χ0v) is 8.53. The summed E-state index contributed by atoms with van der Waals surface area (Å²) >= 11 is 1.87. The average molecular weight is 193 g/mol. The van der Waals surface area contributed by atoms with Crippen molar-refractivity contribution in [1.82, 2.24) is 5.32 Å². The summed E-state index contributed by atoms with van der Waals surface area (Å²) in [6.07, 6.45) is 0.905. The Balaban J connectivity index is 2.73. The number of hydrogen-bond acceptors (Lipinski definition) is 4. The third kappa shape index (κ3) is 10.2. The molecule has 4 heteroatoms. The summed E-state index contributed by atoms with van der Waals surface area (Å²) in [7, 11) is 1.71. The van der Waals surface area contributed by atoms with Crippen molar-refractivity contribution in [3.8, 4) is 0 Å². The third-order valence-corrected chi connectivity index (χ3v) is 2.42. The summed E-state index contributed by atoms with van der Waals surface area (Å²) in [6.45, 7) is 3.04. The summed E-state index contributed by atoms with van der Waals surface area (Å²) in [5.74, 6) is 2.17. The molecule has 0 aliphatic carbocycles. The highest BCUT2D eigenvalue weighted by Gasteiger charge is 1.88. The summed E-state index contributed by atoms with van der Waals surface area (Å²) in [5.41, 5.74) is 0. The van der Waals surface area contributed by atoms with Gasteiger partial charge in [-0.2, -0.15) is 11.8 Å². The summed E-state index contributed by atoms with van der Waals surface area (Å²) in [6, 6.07) is 0. The molecule has 0 amide bonds. The van der Waals surface area contributed by atoms with Crippen molar-refractivity contribution in [1.29, 1.82) is 0 Å². The van der Waals surface area contributed by atoms with Crippen LogP contribution in [0, 0.1) is 0 Å². The number of methoxy groups -OCH3 is 1. The highest BCUT2D eigenvalue weighted by atomic mass is 32.2. The van der Waals surface area contributed by atoms with Gasteiger partial charge in [0.05, 0.1) is 6.61 Å². The van der Waals surface area contributed by atoms with Crippen molar-refractivity contribution in [2.75, 3.05) is 44.9 Å². The number of nitrogens with one attached hydrogen (secondary N) is 1. The third-order valence-electron chi connectivity index (χ3n) is 1.35. The number of thioether (sulfide) groups is 1. The van der Waals surface area contributed by atoms with Crippen LogP contribution in [0.25, 0.3) is 0 Å². The van der Waals surface area contributed by atoms with Crippen molar-refractivity contribution in [3.63, 3.8) is 0 Å². The predicted molar refractivity (Wildman–Crippen MR) is 53.8 cm³/mol. The molecule has 2 N–H and O–H groups in total. The lowest BCUT2D eigenvalue weighted by Crippen LogP contribution is -2.21. The van der Waals surface area contributed by atoms with Crippen molar-refractivity contribution in [2.45, 2.75) is 6.42 Å². The summed E-state index contributed by atoms with van der Waals surface area (Å²) in [4.78, 5) is 0. The van der Waals surface area contributed by atoms with E-state index < -0.39 is 0 Å². The normalized spacial score (nSPS) is 10.5. The van der Waals surface area contributed by atoms with Gasteiger partial charge in [0.1, 0.15) is 0 Å². The van der Waals surface area contributed by atoms with Crippen molar-refractivity contribution in [3.05, 3.63) is 0 Å². The fraction of sp³-hybridized carbons (Fsp3) is 1.00. The smallest absolute Gasteiger partial charge is 0.0587 e. The first-order valence-electron chi connectivity index (χ1n) is 4.30. The molecule has 0 aliphatic rings. The maximum absolute atomic E-state index is 8.49. The maximum Gasteiger partial charge on any atom is 0.0587 e. The molecule has 0 aliphatic heterocycles. The monoisotopic (exact) mass is 193 g/mol. The summed E-state index contributed by atoms with van der Waals surface area (Å²) < 4.78 is 4.88. The van der Waals surface area contributed by atoms with E-state index in [4.69, 9.17) is 9.84 Å². The molecule has 0 rings (SSSR count). The molecule has 0 spiro atoms. The largest absolute Gasteiger partial charge is 0.396 e. The molecule has 0 unspecified atom stereocenters. The predicted octanol–water partition coefficient (Wildman–Crippen LogP) is 0.338. The van der Waals surface area contributed by atoms with Gasteiger partial charge in [0.15, 0.2) is 0 Å². The lowest BCUT2D eigenvalue weighted by atomic mass is 10.5. The highest BCUT2D eigenvalue weighted by molar-refractivity contribution is 7.99. The minimum absolute atomic E-state index is 0.310. The minimum atomic E-state index is 0.310. The van der Waals surface area contributed by atoms with E-state index in [1.165, 1.54) is 0 Å². The van der Waals surface area contributed by atoms with Gasteiger partial charge in [0.25, 0.3) is 0 Å². The molecule has 3 nitrogen and oxygen atoms in total. The van der Waals surface area contributed by atoms with E-state index in [9.17, 15) is 0 Å². The Morgan fingerprint density at radius 2 is 2.17 bits per heavy atom. The topological polar surface area (TPSA) is 41.5 Å². The number of aliphatic hydroxyl groups is 1. The van der Waals surface area contributed by atoms with Gasteiger partial charge in [-0.05, 0) is 12.2 Å². The van der Waals surface area contributed by atoms with Crippen LogP contribution in [-0.4, -0.2) is 50.0 Å². The number of aliphatic hydroxyl groups excluding tert-OH is 1. The Hall–Kier alpha value is 0.230. The van der Waals surface area contributed by atoms with Crippen molar-refractivity contribution >= 4 is 11.8 Å². The molecule has 0 saturated heterocycles. The van der Waals surface area contributed by atoms with Crippen LogP contribution in [-0.2, 0) is 4.74 Å². The van der Waals surface area contributed by atoms with Crippen LogP contribution in [0.5, 0.6) is 0 Å². The standard InChI is InChI=1S/C8H19NO2S/c1-11-6-3-9-4-8-12-7-2-5-10/h9-10H,2-8H2,1H3. The van der Waals surface area contributed by atoms with E-state index in [0.29, 0.717) is 6.61 Å². The van der Waals surface area contributed by atoms with E-state index in [1.54, 1.807) is 7.11 Å². The van der Waals surface area contributed by atoms with Crippen LogP contribution in [0.3, 0.4) is 0 Å². The second kappa shape index (κ2) is 11.2. The number of rotatable bonds is 9. The van der Waals surface area contributed by atoms with Gasteiger partial charge in [0.2, 0.25) is 0 Å². The van der Waals surface area contributed by atoms with Gasteiger partial charge in [-0.1, -0.05) is 0 Å². The van der Waals surface area contributed by atoms with E-state index in [-0.39, 0.29) is 0 Å². The van der Waals surface area contributed by atoms with Crippen LogP contribution >= 0.6 is 11.8 Å². The van der Waals surface area contributed by atoms with Crippen molar-refractivity contribution in [2.24, 2.45) is 0 Å². The molecule has 0 radical (unpaired) electrons. The maximum atomic E-state index is 8.49. The fourth-order valence-electron chi connectivity index (χ4n) is 0.712. The summed E-state index contributed by atoms with van der Waals surface area (Å²) in [5, 5.41) is 11.7. The second-order valence-electron chi connectivity index (χ2n) is 2.43. The molecule has 0 bridgehead atoms. The second-order valence-corrected chi connectivity index (χ2v) is 3.66. The molecule has 0 saturated carbocycles.